The summed E-state index contributed by atoms with van der Waals surface area (Å²) in [5.74, 6) is 1.17. The van der Waals surface area contributed by atoms with E-state index in [0.29, 0.717) is 13.0 Å². The second kappa shape index (κ2) is 12.6. The number of unbranched alkanes of at least 4 members (excludes halogenated alkanes) is 2. The molecule has 0 aliphatic heterocycles. The number of aryl methyl sites for hydroxylation is 1. The smallest absolute Gasteiger partial charge is 0.224 e. The van der Waals surface area contributed by atoms with Gasteiger partial charge in [0.2, 0.25) is 5.91 Å². The molecule has 1 heterocycles. The van der Waals surface area contributed by atoms with Gasteiger partial charge in [0.05, 0.1) is 17.5 Å². The molecule has 1 aromatic heterocycles. The summed E-state index contributed by atoms with van der Waals surface area (Å²) in [7, 11) is 0. The van der Waals surface area contributed by atoms with Crippen molar-refractivity contribution in [3.8, 4) is 11.1 Å². The summed E-state index contributed by atoms with van der Waals surface area (Å²) in [6.45, 7) is 1.47. The van der Waals surface area contributed by atoms with Gasteiger partial charge in [-0.15, -0.1) is 0 Å². The Morgan fingerprint density at radius 3 is 2.21 bits per heavy atom. The van der Waals surface area contributed by atoms with Crippen LogP contribution in [0.15, 0.2) is 103 Å². The van der Waals surface area contributed by atoms with Crippen LogP contribution in [-0.2, 0) is 24.2 Å². The number of hydrogen-bond donors (Lipinski definition) is 1. The first kappa shape index (κ1) is 25.7. The van der Waals surface area contributed by atoms with E-state index in [1.807, 2.05) is 48.5 Å². The van der Waals surface area contributed by atoms with Gasteiger partial charge in [-0.3, -0.25) is 4.79 Å². The van der Waals surface area contributed by atoms with Gasteiger partial charge in [-0.25, -0.2) is 4.98 Å². The first-order chi connectivity index (χ1) is 18.7. The van der Waals surface area contributed by atoms with Gasteiger partial charge in [0, 0.05) is 24.5 Å². The topological polar surface area (TPSA) is 46.9 Å². The zero-order valence-electron chi connectivity index (χ0n) is 21.4. The van der Waals surface area contributed by atoms with Crippen LogP contribution >= 0.6 is 11.6 Å². The summed E-state index contributed by atoms with van der Waals surface area (Å²) in [6.07, 6.45) is 4.33. The summed E-state index contributed by atoms with van der Waals surface area (Å²) in [5.41, 5.74) is 6.76. The third kappa shape index (κ3) is 6.70. The molecular formula is C33H32ClN3O. The highest BCUT2D eigenvalue weighted by molar-refractivity contribution is 6.30. The number of halogens is 1. The van der Waals surface area contributed by atoms with Gasteiger partial charge in [-0.2, -0.15) is 0 Å². The maximum atomic E-state index is 12.4. The van der Waals surface area contributed by atoms with Gasteiger partial charge in [-0.05, 0) is 59.4 Å². The third-order valence-corrected chi connectivity index (χ3v) is 7.06. The second-order valence-corrected chi connectivity index (χ2v) is 10.1. The van der Waals surface area contributed by atoms with Crippen LogP contribution in [0.25, 0.3) is 22.2 Å². The summed E-state index contributed by atoms with van der Waals surface area (Å²) in [5, 5.41) is 3.82. The van der Waals surface area contributed by atoms with Crippen molar-refractivity contribution in [1.29, 1.82) is 0 Å². The maximum Gasteiger partial charge on any atom is 0.224 e. The normalized spacial score (nSPS) is 11.1. The average molecular weight is 522 g/mol. The van der Waals surface area contributed by atoms with E-state index in [4.69, 9.17) is 16.6 Å². The molecule has 1 amide bonds. The lowest BCUT2D eigenvalue weighted by molar-refractivity contribution is -0.120. The number of carbonyl (C=O) groups is 1. The number of amides is 1. The Hall–Kier alpha value is -3.89. The number of nitrogens with one attached hydrogen (secondary N) is 1. The summed E-state index contributed by atoms with van der Waals surface area (Å²) in [6, 6.07) is 34.8. The minimum absolute atomic E-state index is 0.0715. The van der Waals surface area contributed by atoms with Gasteiger partial charge in [-0.1, -0.05) is 96.9 Å². The predicted molar refractivity (Wildman–Crippen MR) is 156 cm³/mol. The number of para-hydroxylation sites is 2. The van der Waals surface area contributed by atoms with E-state index in [-0.39, 0.29) is 5.91 Å². The SMILES string of the molecule is O=C(Cc1ccc(-c2ccccc2)cc1)NCCCCCc1nc2ccccc2n1Cc1ccc(Cl)cc1. The van der Waals surface area contributed by atoms with Crippen molar-refractivity contribution in [1.82, 2.24) is 14.9 Å². The quantitative estimate of drug-likeness (QED) is 0.183. The van der Waals surface area contributed by atoms with Gasteiger partial charge in [0.25, 0.3) is 0 Å². The molecule has 4 aromatic carbocycles. The Morgan fingerprint density at radius 2 is 1.42 bits per heavy atom. The first-order valence-corrected chi connectivity index (χ1v) is 13.6. The van der Waals surface area contributed by atoms with Crippen LogP contribution in [-0.4, -0.2) is 22.0 Å². The molecule has 0 atom stereocenters. The van der Waals surface area contributed by atoms with E-state index in [2.05, 4.69) is 64.5 Å². The fourth-order valence-corrected chi connectivity index (χ4v) is 4.90. The van der Waals surface area contributed by atoms with E-state index >= 15 is 0 Å². The zero-order chi connectivity index (χ0) is 26.2. The van der Waals surface area contributed by atoms with Crippen molar-refractivity contribution in [2.45, 2.75) is 38.6 Å². The molecule has 192 valence electrons. The fraction of sp³-hybridized carbons (Fsp3) is 0.212. The molecule has 0 spiro atoms. The van der Waals surface area contributed by atoms with E-state index in [1.165, 1.54) is 11.1 Å². The van der Waals surface area contributed by atoms with E-state index in [1.54, 1.807) is 0 Å². The van der Waals surface area contributed by atoms with Crippen molar-refractivity contribution in [2.75, 3.05) is 6.54 Å². The van der Waals surface area contributed by atoms with Crippen molar-refractivity contribution < 1.29 is 4.79 Å². The molecule has 0 saturated carbocycles. The Labute approximate surface area is 229 Å². The molecule has 38 heavy (non-hydrogen) atoms. The van der Waals surface area contributed by atoms with E-state index in [0.717, 1.165) is 65.2 Å². The molecule has 1 N–H and O–H groups in total. The van der Waals surface area contributed by atoms with Crippen molar-refractivity contribution in [3.63, 3.8) is 0 Å². The number of rotatable bonds is 11. The largest absolute Gasteiger partial charge is 0.356 e. The fourth-order valence-electron chi connectivity index (χ4n) is 4.77. The number of benzene rings is 4. The van der Waals surface area contributed by atoms with Crippen molar-refractivity contribution in [3.05, 3.63) is 125 Å². The highest BCUT2D eigenvalue weighted by Crippen LogP contribution is 2.21. The van der Waals surface area contributed by atoms with Crippen LogP contribution in [0.5, 0.6) is 0 Å². The van der Waals surface area contributed by atoms with Crippen LogP contribution in [0.3, 0.4) is 0 Å². The van der Waals surface area contributed by atoms with Crippen LogP contribution in [0.4, 0.5) is 0 Å². The molecule has 0 saturated heterocycles. The van der Waals surface area contributed by atoms with Crippen molar-refractivity contribution in [2.24, 2.45) is 0 Å². The van der Waals surface area contributed by atoms with Crippen molar-refractivity contribution >= 4 is 28.5 Å². The predicted octanol–water partition coefficient (Wildman–Crippen LogP) is 7.48. The first-order valence-electron chi connectivity index (χ1n) is 13.3. The van der Waals surface area contributed by atoms with Gasteiger partial charge < -0.3 is 9.88 Å². The Morgan fingerprint density at radius 1 is 0.737 bits per heavy atom. The minimum Gasteiger partial charge on any atom is -0.356 e. The molecule has 4 nitrogen and oxygen atoms in total. The molecule has 0 unspecified atom stereocenters. The third-order valence-electron chi connectivity index (χ3n) is 6.81. The highest BCUT2D eigenvalue weighted by atomic mass is 35.5. The molecule has 5 heteroatoms. The standard InChI is InChI=1S/C33H32ClN3O/c34-29-20-16-26(17-21-29)24-37-31-12-7-6-11-30(31)36-32(37)13-5-2-8-22-35-33(38)23-25-14-18-28(19-15-25)27-9-3-1-4-10-27/h1,3-4,6-7,9-12,14-21H,2,5,8,13,22-24H2,(H,35,38). The number of carbonyl (C=O) groups excluding carboxylic acids is 1. The monoisotopic (exact) mass is 521 g/mol. The summed E-state index contributed by atoms with van der Waals surface area (Å²) < 4.78 is 2.31. The molecule has 5 aromatic rings. The molecule has 0 bridgehead atoms. The highest BCUT2D eigenvalue weighted by Gasteiger charge is 2.11. The minimum atomic E-state index is 0.0715. The average Bonchev–Trinajstić information content (AvgIpc) is 3.29. The van der Waals surface area contributed by atoms with Crippen LogP contribution < -0.4 is 5.32 Å². The Bertz CT molecular complexity index is 1480. The Balaban J connectivity index is 1.08. The zero-order valence-corrected chi connectivity index (χ0v) is 22.2. The molecule has 0 radical (unpaired) electrons. The lowest BCUT2D eigenvalue weighted by Gasteiger charge is -2.10. The maximum absolute atomic E-state index is 12.4. The van der Waals surface area contributed by atoms with E-state index < -0.39 is 0 Å². The van der Waals surface area contributed by atoms with Crippen LogP contribution in [0.2, 0.25) is 5.02 Å². The lowest BCUT2D eigenvalue weighted by Crippen LogP contribution is -2.26. The molecular weight excluding hydrogens is 490 g/mol. The summed E-state index contributed by atoms with van der Waals surface area (Å²) in [4.78, 5) is 17.3. The number of imidazole rings is 1. The van der Waals surface area contributed by atoms with Crippen LogP contribution in [0, 0.1) is 0 Å². The second-order valence-electron chi connectivity index (χ2n) is 9.63. The molecule has 0 aliphatic carbocycles. The van der Waals surface area contributed by atoms with E-state index in [9.17, 15) is 4.79 Å². The molecule has 0 fully saturated rings. The summed E-state index contributed by atoms with van der Waals surface area (Å²) >= 11 is 6.07. The van der Waals surface area contributed by atoms with Gasteiger partial charge >= 0.3 is 0 Å². The molecule has 0 aliphatic rings. The van der Waals surface area contributed by atoms with Gasteiger partial charge in [0.1, 0.15) is 5.82 Å². The number of nitrogens with zero attached hydrogens (tertiary/aromatic N) is 2. The lowest BCUT2D eigenvalue weighted by atomic mass is 10.0. The Kier molecular flexibility index (Phi) is 8.52. The van der Waals surface area contributed by atoms with Gasteiger partial charge in [0.15, 0.2) is 0 Å². The molecule has 5 rings (SSSR count). The number of fused-ring (bicyclic) bond motifs is 1. The van der Waals surface area contributed by atoms with Crippen LogP contribution in [0.1, 0.15) is 36.2 Å². The number of hydrogen-bond acceptors (Lipinski definition) is 2. The number of aromatic nitrogens is 2.